The van der Waals surface area contributed by atoms with E-state index >= 15 is 0 Å². The first-order valence-electron chi connectivity index (χ1n) is 9.19. The van der Waals surface area contributed by atoms with Crippen molar-refractivity contribution in [3.63, 3.8) is 0 Å². The number of nitrogens with one attached hydrogen (secondary N) is 1. The monoisotopic (exact) mass is 373 g/mol. The van der Waals surface area contributed by atoms with Gasteiger partial charge >= 0.3 is 5.97 Å². The number of fused-ring (bicyclic) bond motifs is 1. The highest BCUT2D eigenvalue weighted by Crippen LogP contribution is 2.15. The van der Waals surface area contributed by atoms with E-state index in [0.29, 0.717) is 29.8 Å². The van der Waals surface area contributed by atoms with Gasteiger partial charge in [-0.1, -0.05) is 45.9 Å². The zero-order chi connectivity index (χ0) is 20.1. The Hall–Kier alpha value is -2.70. The molecule has 1 amide bonds. The van der Waals surface area contributed by atoms with Crippen LogP contribution in [0.3, 0.4) is 0 Å². The van der Waals surface area contributed by atoms with Crippen LogP contribution in [0.2, 0.25) is 0 Å². The molecule has 2 rings (SSSR count). The predicted octanol–water partition coefficient (Wildman–Crippen LogP) is 2.37. The molecule has 27 heavy (non-hydrogen) atoms. The van der Waals surface area contributed by atoms with Crippen molar-refractivity contribution < 1.29 is 14.3 Å². The van der Waals surface area contributed by atoms with Crippen LogP contribution in [0.25, 0.3) is 10.8 Å². The molecule has 0 saturated heterocycles. The number of amides is 1. The lowest BCUT2D eigenvalue weighted by molar-refractivity contribution is -0.129. The van der Waals surface area contributed by atoms with Crippen LogP contribution in [0.5, 0.6) is 0 Å². The zero-order valence-corrected chi connectivity index (χ0v) is 16.5. The number of hydrogen-bond donors (Lipinski definition) is 1. The van der Waals surface area contributed by atoms with Gasteiger partial charge in [-0.25, -0.2) is 9.48 Å². The minimum absolute atomic E-state index is 0.0364. The van der Waals surface area contributed by atoms with Crippen molar-refractivity contribution in [2.45, 2.75) is 47.3 Å². The Morgan fingerprint density at radius 2 is 1.70 bits per heavy atom. The first kappa shape index (κ1) is 20.6. The first-order valence-corrected chi connectivity index (χ1v) is 9.19. The summed E-state index contributed by atoms with van der Waals surface area (Å²) < 4.78 is 6.59. The molecule has 1 N–H and O–H groups in total. The van der Waals surface area contributed by atoms with Crippen LogP contribution >= 0.6 is 0 Å². The predicted molar refractivity (Wildman–Crippen MR) is 104 cm³/mol. The van der Waals surface area contributed by atoms with Gasteiger partial charge in [-0.05, 0) is 24.8 Å². The van der Waals surface area contributed by atoms with E-state index in [1.54, 1.807) is 24.3 Å². The number of benzene rings is 1. The van der Waals surface area contributed by atoms with Crippen LogP contribution < -0.4 is 10.9 Å². The summed E-state index contributed by atoms with van der Waals surface area (Å²) in [6.07, 6.45) is -0.956. The molecule has 0 fully saturated rings. The molecular formula is C20H27N3O4. The molecular weight excluding hydrogens is 346 g/mol. The number of carbonyl (C=O) groups is 2. The Kier molecular flexibility index (Phi) is 6.71. The molecule has 0 bridgehead atoms. The molecule has 7 nitrogen and oxygen atoms in total. The smallest absolute Gasteiger partial charge is 0.360 e. The van der Waals surface area contributed by atoms with E-state index in [9.17, 15) is 14.4 Å². The minimum Gasteiger partial charge on any atom is -0.448 e. The molecule has 0 aliphatic carbocycles. The molecule has 0 radical (unpaired) electrons. The number of carbonyl (C=O) groups excluding carboxylic acids is 2. The largest absolute Gasteiger partial charge is 0.448 e. The van der Waals surface area contributed by atoms with Crippen LogP contribution in [0.4, 0.5) is 0 Å². The van der Waals surface area contributed by atoms with E-state index < -0.39 is 12.1 Å². The van der Waals surface area contributed by atoms with E-state index in [4.69, 9.17) is 4.74 Å². The summed E-state index contributed by atoms with van der Waals surface area (Å²) in [5, 5.41) is 7.77. The van der Waals surface area contributed by atoms with E-state index in [1.165, 1.54) is 11.6 Å². The summed E-state index contributed by atoms with van der Waals surface area (Å²) in [5.74, 6) is -0.615. The molecule has 1 atom stereocenters. The fourth-order valence-electron chi connectivity index (χ4n) is 2.57. The van der Waals surface area contributed by atoms with Crippen molar-refractivity contribution in [1.29, 1.82) is 0 Å². The zero-order valence-electron chi connectivity index (χ0n) is 16.5. The SMILES string of the molecule is CC(C)CNC(=O)[C@@H](C)OC(=O)c1nn(CC(C)C)c(=O)c2ccccc12. The third kappa shape index (κ3) is 5.15. The molecule has 2 aromatic rings. The summed E-state index contributed by atoms with van der Waals surface area (Å²) in [6, 6.07) is 6.78. The highest BCUT2D eigenvalue weighted by molar-refractivity contribution is 6.02. The van der Waals surface area contributed by atoms with Crippen LogP contribution in [-0.4, -0.2) is 34.3 Å². The van der Waals surface area contributed by atoms with Crippen molar-refractivity contribution in [2.24, 2.45) is 11.8 Å². The van der Waals surface area contributed by atoms with Gasteiger partial charge < -0.3 is 10.1 Å². The van der Waals surface area contributed by atoms with E-state index in [-0.39, 0.29) is 23.1 Å². The molecule has 146 valence electrons. The van der Waals surface area contributed by atoms with Gasteiger partial charge in [0.05, 0.1) is 5.39 Å². The number of esters is 1. The number of hydrogen-bond acceptors (Lipinski definition) is 5. The quantitative estimate of drug-likeness (QED) is 0.753. The van der Waals surface area contributed by atoms with Crippen LogP contribution in [0.1, 0.15) is 45.1 Å². The third-order valence-electron chi connectivity index (χ3n) is 3.94. The van der Waals surface area contributed by atoms with E-state index in [1.807, 2.05) is 27.7 Å². The second kappa shape index (κ2) is 8.79. The Morgan fingerprint density at radius 3 is 2.30 bits per heavy atom. The third-order valence-corrected chi connectivity index (χ3v) is 3.94. The topological polar surface area (TPSA) is 90.3 Å². The lowest BCUT2D eigenvalue weighted by Crippen LogP contribution is -2.38. The maximum Gasteiger partial charge on any atom is 0.360 e. The molecule has 1 heterocycles. The summed E-state index contributed by atoms with van der Waals surface area (Å²) in [4.78, 5) is 37.4. The summed E-state index contributed by atoms with van der Waals surface area (Å²) in [6.45, 7) is 10.3. The Labute approximate surface area is 158 Å². The lowest BCUT2D eigenvalue weighted by atomic mass is 10.1. The fourth-order valence-corrected chi connectivity index (χ4v) is 2.57. The van der Waals surface area contributed by atoms with Crippen molar-refractivity contribution in [2.75, 3.05) is 6.54 Å². The molecule has 0 aliphatic heterocycles. The number of rotatable bonds is 7. The van der Waals surface area contributed by atoms with Gasteiger partial charge in [0.2, 0.25) is 0 Å². The Bertz CT molecular complexity index is 886. The van der Waals surface area contributed by atoms with Gasteiger partial charge in [0.1, 0.15) is 0 Å². The highest BCUT2D eigenvalue weighted by atomic mass is 16.5. The average Bonchev–Trinajstić information content (AvgIpc) is 2.61. The fraction of sp³-hybridized carbons (Fsp3) is 0.500. The first-order chi connectivity index (χ1) is 12.7. The van der Waals surface area contributed by atoms with Crippen LogP contribution in [-0.2, 0) is 16.1 Å². The van der Waals surface area contributed by atoms with Gasteiger partial charge in [-0.2, -0.15) is 5.10 Å². The molecule has 1 aromatic heterocycles. The molecule has 7 heteroatoms. The summed E-state index contributed by atoms with van der Waals surface area (Å²) in [7, 11) is 0. The lowest BCUT2D eigenvalue weighted by Gasteiger charge is -2.16. The van der Waals surface area contributed by atoms with Crippen molar-refractivity contribution in [3.05, 3.63) is 40.3 Å². The normalized spacial score (nSPS) is 12.4. The molecule has 0 unspecified atom stereocenters. The van der Waals surface area contributed by atoms with Crippen molar-refractivity contribution >= 4 is 22.6 Å². The average molecular weight is 373 g/mol. The Morgan fingerprint density at radius 1 is 1.07 bits per heavy atom. The van der Waals surface area contributed by atoms with Crippen molar-refractivity contribution in [1.82, 2.24) is 15.1 Å². The number of nitrogens with zero attached hydrogens (tertiary/aromatic N) is 2. The standard InChI is InChI=1S/C20H27N3O4/c1-12(2)10-21-18(24)14(5)27-20(26)17-15-8-6-7-9-16(15)19(25)23(22-17)11-13(3)4/h6-9,12-14H,10-11H2,1-5H3,(H,21,24)/t14-/m1/s1. The van der Waals surface area contributed by atoms with Gasteiger partial charge in [0.25, 0.3) is 11.5 Å². The maximum atomic E-state index is 12.7. The highest BCUT2D eigenvalue weighted by Gasteiger charge is 2.23. The minimum atomic E-state index is -0.956. The Balaban J connectivity index is 2.33. The van der Waals surface area contributed by atoms with Gasteiger partial charge in [0, 0.05) is 18.5 Å². The second-order valence-electron chi connectivity index (χ2n) is 7.46. The molecule has 1 aromatic carbocycles. The second-order valence-corrected chi connectivity index (χ2v) is 7.46. The number of ether oxygens (including phenoxy) is 1. The van der Waals surface area contributed by atoms with E-state index in [2.05, 4.69) is 10.4 Å². The van der Waals surface area contributed by atoms with Gasteiger partial charge in [-0.3, -0.25) is 9.59 Å². The molecule has 0 saturated carbocycles. The summed E-state index contributed by atoms with van der Waals surface area (Å²) >= 11 is 0. The van der Waals surface area contributed by atoms with Crippen LogP contribution in [0, 0.1) is 11.8 Å². The summed E-state index contributed by atoms with van der Waals surface area (Å²) in [5.41, 5.74) is -0.215. The van der Waals surface area contributed by atoms with Gasteiger partial charge in [-0.15, -0.1) is 0 Å². The van der Waals surface area contributed by atoms with Crippen molar-refractivity contribution in [3.8, 4) is 0 Å². The maximum absolute atomic E-state index is 12.7. The molecule has 0 aliphatic rings. The molecule has 0 spiro atoms. The van der Waals surface area contributed by atoms with E-state index in [0.717, 1.165) is 0 Å². The van der Waals surface area contributed by atoms with Gasteiger partial charge in [0.15, 0.2) is 11.8 Å². The van der Waals surface area contributed by atoms with Crippen LogP contribution in [0.15, 0.2) is 29.1 Å². The number of aromatic nitrogens is 2.